The van der Waals surface area contributed by atoms with Gasteiger partial charge < -0.3 is 19.7 Å². The molecule has 3 aromatic rings. The molecule has 1 atom stereocenters. The number of rotatable bonds is 8. The summed E-state index contributed by atoms with van der Waals surface area (Å²) >= 11 is 0. The van der Waals surface area contributed by atoms with E-state index in [1.807, 2.05) is 41.3 Å². The number of carbonyl (C=O) groups excluding carboxylic acids is 3. The molecule has 0 aromatic heterocycles. The molecule has 3 aromatic carbocycles. The molecule has 2 aliphatic heterocycles. The smallest absolute Gasteiger partial charge is 0.414 e. The number of cyclic esters (lactones) is 1. The molecular weight excluding hydrogens is 477 g/mol. The third kappa shape index (κ3) is 5.56. The lowest BCUT2D eigenvalue weighted by Gasteiger charge is -2.29. The maximum atomic E-state index is 14.8. The molecule has 8 nitrogen and oxygen atoms in total. The molecule has 0 saturated carbocycles. The van der Waals surface area contributed by atoms with Gasteiger partial charge in [-0.05, 0) is 29.0 Å². The van der Waals surface area contributed by atoms with Crippen LogP contribution in [0.3, 0.4) is 0 Å². The zero-order valence-corrected chi connectivity index (χ0v) is 20.3. The number of nitrogens with zero attached hydrogens (tertiary/aromatic N) is 2. The highest BCUT2D eigenvalue weighted by Crippen LogP contribution is 2.28. The molecule has 1 N–H and O–H groups in total. The largest absolute Gasteiger partial charge is 0.442 e. The molecule has 192 valence electrons. The van der Waals surface area contributed by atoms with Crippen molar-refractivity contribution in [1.29, 1.82) is 0 Å². The van der Waals surface area contributed by atoms with E-state index in [2.05, 4.69) is 5.32 Å². The summed E-state index contributed by atoms with van der Waals surface area (Å²) < 4.78 is 25.5. The second kappa shape index (κ2) is 11.0. The number of ketones is 1. The van der Waals surface area contributed by atoms with Gasteiger partial charge in [-0.15, -0.1) is 0 Å². The Hall–Kier alpha value is -3.98. The number of ether oxygens (including phenoxy) is 2. The average molecular weight is 506 g/mol. The monoisotopic (exact) mass is 505 g/mol. The molecule has 0 spiro atoms. The zero-order chi connectivity index (χ0) is 25.8. The summed E-state index contributed by atoms with van der Waals surface area (Å²) in [5.74, 6) is -0.822. The van der Waals surface area contributed by atoms with E-state index in [0.717, 1.165) is 10.8 Å². The van der Waals surface area contributed by atoms with Crippen molar-refractivity contribution in [2.45, 2.75) is 18.9 Å². The van der Waals surface area contributed by atoms with Crippen LogP contribution in [-0.4, -0.2) is 63.3 Å². The molecule has 1 unspecified atom stereocenters. The molecule has 5 rings (SSSR count). The lowest BCUT2D eigenvalue weighted by Crippen LogP contribution is -2.37. The Morgan fingerprint density at radius 3 is 2.59 bits per heavy atom. The number of carbonyl (C=O) groups is 3. The van der Waals surface area contributed by atoms with Crippen molar-refractivity contribution in [3.8, 4) is 0 Å². The Morgan fingerprint density at radius 2 is 1.78 bits per heavy atom. The van der Waals surface area contributed by atoms with Gasteiger partial charge in [-0.3, -0.25) is 14.5 Å². The van der Waals surface area contributed by atoms with Crippen LogP contribution < -0.4 is 15.1 Å². The predicted octanol–water partition coefficient (Wildman–Crippen LogP) is 3.92. The van der Waals surface area contributed by atoms with Gasteiger partial charge in [0.15, 0.2) is 5.78 Å². The first-order valence-electron chi connectivity index (χ1n) is 12.4. The van der Waals surface area contributed by atoms with Crippen LogP contribution in [-0.2, 0) is 14.3 Å². The van der Waals surface area contributed by atoms with Gasteiger partial charge in [-0.25, -0.2) is 9.18 Å². The van der Waals surface area contributed by atoms with E-state index in [9.17, 15) is 18.8 Å². The number of benzene rings is 3. The van der Waals surface area contributed by atoms with Crippen LogP contribution in [0, 0.1) is 5.82 Å². The van der Waals surface area contributed by atoms with Crippen LogP contribution in [0.15, 0.2) is 60.7 Å². The second-order valence-corrected chi connectivity index (χ2v) is 9.11. The number of amides is 2. The van der Waals surface area contributed by atoms with Crippen LogP contribution in [0.5, 0.6) is 0 Å². The van der Waals surface area contributed by atoms with Crippen LogP contribution in [0.4, 0.5) is 20.6 Å². The SMILES string of the molecule is O=C(CCC(=O)c1cccc2ccccc12)NCC1CN(c2ccc(N3CCOCC3)c(F)c2)C(=O)O1. The third-order valence-corrected chi connectivity index (χ3v) is 6.66. The summed E-state index contributed by atoms with van der Waals surface area (Å²) in [6, 6.07) is 17.8. The lowest BCUT2D eigenvalue weighted by molar-refractivity contribution is -0.121. The first kappa shape index (κ1) is 24.7. The molecule has 2 heterocycles. The molecule has 0 aliphatic carbocycles. The van der Waals surface area contributed by atoms with Crippen molar-refractivity contribution in [3.05, 3.63) is 72.0 Å². The van der Waals surface area contributed by atoms with E-state index >= 15 is 0 Å². The van der Waals surface area contributed by atoms with Gasteiger partial charge in [-0.1, -0.05) is 42.5 Å². The molecule has 2 aliphatic rings. The summed E-state index contributed by atoms with van der Waals surface area (Å²) in [5.41, 5.74) is 1.47. The number of hydrogen-bond donors (Lipinski definition) is 1. The Kier molecular flexibility index (Phi) is 7.32. The number of Topliss-reactive ketones (excluding diaryl/α,β-unsaturated/α-hetero) is 1. The van der Waals surface area contributed by atoms with Crippen molar-refractivity contribution in [3.63, 3.8) is 0 Å². The number of anilines is 2. The Morgan fingerprint density at radius 1 is 1.00 bits per heavy atom. The van der Waals surface area contributed by atoms with Gasteiger partial charge in [0.05, 0.1) is 37.7 Å². The number of morpholine rings is 1. The summed E-state index contributed by atoms with van der Waals surface area (Å²) in [4.78, 5) is 40.8. The first-order chi connectivity index (χ1) is 18.0. The average Bonchev–Trinajstić information content (AvgIpc) is 3.31. The standard InChI is InChI=1S/C28H28FN3O5/c29-24-16-20(8-9-25(24)31-12-14-36-15-13-31)32-18-21(37-28(32)35)17-30-27(34)11-10-26(33)23-7-3-5-19-4-1-2-6-22(19)23/h1-9,16,21H,10-15,17-18H2,(H,30,34). The van der Waals surface area contributed by atoms with E-state index in [-0.39, 0.29) is 37.6 Å². The number of halogens is 1. The van der Waals surface area contributed by atoms with E-state index < -0.39 is 18.0 Å². The number of nitrogens with one attached hydrogen (secondary N) is 1. The van der Waals surface area contributed by atoms with Crippen LogP contribution in [0.25, 0.3) is 10.8 Å². The maximum absolute atomic E-state index is 14.8. The Labute approximate surface area is 213 Å². The minimum Gasteiger partial charge on any atom is -0.442 e. The molecule has 0 radical (unpaired) electrons. The summed E-state index contributed by atoms with van der Waals surface area (Å²) in [6.45, 7) is 2.60. The van der Waals surface area contributed by atoms with Crippen molar-refractivity contribution in [2.75, 3.05) is 49.2 Å². The third-order valence-electron chi connectivity index (χ3n) is 6.66. The fourth-order valence-corrected chi connectivity index (χ4v) is 4.71. The van der Waals surface area contributed by atoms with Crippen molar-refractivity contribution < 1.29 is 28.2 Å². The number of hydrogen-bond acceptors (Lipinski definition) is 6. The van der Waals surface area contributed by atoms with Crippen molar-refractivity contribution >= 4 is 39.9 Å². The molecule has 2 saturated heterocycles. The summed E-state index contributed by atoms with van der Waals surface area (Å²) in [7, 11) is 0. The van der Waals surface area contributed by atoms with Crippen molar-refractivity contribution in [2.24, 2.45) is 0 Å². The van der Waals surface area contributed by atoms with E-state index in [1.165, 1.54) is 11.0 Å². The topological polar surface area (TPSA) is 88.2 Å². The minimum absolute atomic E-state index is 0.0284. The minimum atomic E-state index is -0.594. The molecule has 2 fully saturated rings. The Bertz CT molecular complexity index is 1320. The highest BCUT2D eigenvalue weighted by atomic mass is 19.1. The summed E-state index contributed by atoms with van der Waals surface area (Å²) in [6.07, 6.45) is -1.07. The zero-order valence-electron chi connectivity index (χ0n) is 20.3. The maximum Gasteiger partial charge on any atom is 0.414 e. The van der Waals surface area contributed by atoms with E-state index in [0.29, 0.717) is 43.2 Å². The Balaban J connectivity index is 1.12. The van der Waals surface area contributed by atoms with E-state index in [1.54, 1.807) is 18.2 Å². The molecule has 37 heavy (non-hydrogen) atoms. The second-order valence-electron chi connectivity index (χ2n) is 9.11. The van der Waals surface area contributed by atoms with Gasteiger partial charge >= 0.3 is 6.09 Å². The highest BCUT2D eigenvalue weighted by Gasteiger charge is 2.33. The molecule has 2 amide bonds. The lowest BCUT2D eigenvalue weighted by atomic mass is 9.99. The first-order valence-corrected chi connectivity index (χ1v) is 12.4. The van der Waals surface area contributed by atoms with E-state index in [4.69, 9.17) is 9.47 Å². The van der Waals surface area contributed by atoms with Crippen LogP contribution in [0.1, 0.15) is 23.2 Å². The fourth-order valence-electron chi connectivity index (χ4n) is 4.71. The fraction of sp³-hybridized carbons (Fsp3) is 0.321. The quantitative estimate of drug-likeness (QED) is 0.467. The summed E-state index contributed by atoms with van der Waals surface area (Å²) in [5, 5.41) is 4.57. The van der Waals surface area contributed by atoms with Gasteiger partial charge in [0.25, 0.3) is 0 Å². The van der Waals surface area contributed by atoms with Gasteiger partial charge in [0.2, 0.25) is 5.91 Å². The molecule has 9 heteroatoms. The molecule has 0 bridgehead atoms. The van der Waals surface area contributed by atoms with Gasteiger partial charge in [0, 0.05) is 31.5 Å². The van der Waals surface area contributed by atoms with Gasteiger partial charge in [-0.2, -0.15) is 0 Å². The predicted molar refractivity (Wildman–Crippen MR) is 138 cm³/mol. The van der Waals surface area contributed by atoms with Crippen LogP contribution in [0.2, 0.25) is 0 Å². The highest BCUT2D eigenvalue weighted by molar-refractivity contribution is 6.08. The number of fused-ring (bicyclic) bond motifs is 1. The van der Waals surface area contributed by atoms with Crippen molar-refractivity contribution in [1.82, 2.24) is 5.32 Å². The molecular formula is C28H28FN3O5. The van der Waals surface area contributed by atoms with Gasteiger partial charge in [0.1, 0.15) is 11.9 Å². The van der Waals surface area contributed by atoms with Crippen LogP contribution >= 0.6 is 0 Å². The normalized spacial score (nSPS) is 17.6.